The van der Waals surface area contributed by atoms with Crippen molar-refractivity contribution in [3.63, 3.8) is 0 Å². The molecule has 0 aliphatic heterocycles. The highest BCUT2D eigenvalue weighted by Gasteiger charge is 2.04. The molecular formula is C22H24N4O2. The van der Waals surface area contributed by atoms with E-state index in [-0.39, 0.29) is 0 Å². The van der Waals surface area contributed by atoms with Crippen LogP contribution in [0.25, 0.3) is 16.7 Å². The molecule has 1 aromatic carbocycles. The lowest BCUT2D eigenvalue weighted by atomic mass is 10.1. The van der Waals surface area contributed by atoms with Gasteiger partial charge >= 0.3 is 0 Å². The van der Waals surface area contributed by atoms with Gasteiger partial charge in [0.2, 0.25) is 5.95 Å². The number of aromatic nitrogens is 3. The molecule has 0 saturated heterocycles. The smallest absolute Gasteiger partial charge is 0.222 e. The van der Waals surface area contributed by atoms with E-state index in [4.69, 9.17) is 4.74 Å². The maximum Gasteiger partial charge on any atom is 0.222 e. The van der Waals surface area contributed by atoms with Crippen molar-refractivity contribution in [2.45, 2.75) is 20.3 Å². The molecule has 0 amide bonds. The van der Waals surface area contributed by atoms with E-state index in [0.717, 1.165) is 34.9 Å². The zero-order valence-corrected chi connectivity index (χ0v) is 16.3. The number of fused-ring (bicyclic) bond motifs is 1. The minimum absolute atomic E-state index is 0.614. The molecule has 0 bridgehead atoms. The van der Waals surface area contributed by atoms with Crippen LogP contribution in [0.4, 0.5) is 5.95 Å². The van der Waals surface area contributed by atoms with Gasteiger partial charge in [0.1, 0.15) is 12.0 Å². The van der Waals surface area contributed by atoms with Gasteiger partial charge in [-0.05, 0) is 43.7 Å². The van der Waals surface area contributed by atoms with Crippen molar-refractivity contribution in [1.29, 1.82) is 0 Å². The zero-order valence-electron chi connectivity index (χ0n) is 16.3. The number of aldehydes is 1. The molecule has 0 atom stereocenters. The zero-order chi connectivity index (χ0) is 20.2. The fraction of sp³-hybridized carbons (Fsp3) is 0.182. The molecule has 1 N–H and O–H groups in total. The maximum absolute atomic E-state index is 9.98. The molecule has 6 heteroatoms. The third kappa shape index (κ3) is 6.02. The molecule has 3 rings (SSSR count). The predicted molar refractivity (Wildman–Crippen MR) is 113 cm³/mol. The van der Waals surface area contributed by atoms with E-state index in [1.165, 1.54) is 0 Å². The Labute approximate surface area is 165 Å². The summed E-state index contributed by atoms with van der Waals surface area (Å²) in [6, 6.07) is 9.34. The van der Waals surface area contributed by atoms with Crippen LogP contribution >= 0.6 is 0 Å². The summed E-state index contributed by atoms with van der Waals surface area (Å²) in [5.41, 5.74) is 2.56. The summed E-state index contributed by atoms with van der Waals surface area (Å²) in [4.78, 5) is 22.4. The largest absolute Gasteiger partial charge is 0.465 e. The van der Waals surface area contributed by atoms with Crippen molar-refractivity contribution in [1.82, 2.24) is 15.0 Å². The monoisotopic (exact) mass is 376 g/mol. The van der Waals surface area contributed by atoms with E-state index >= 15 is 0 Å². The number of hydrogen-bond acceptors (Lipinski definition) is 6. The number of anilines is 1. The van der Waals surface area contributed by atoms with Crippen LogP contribution in [0, 0.1) is 0 Å². The second-order valence-electron chi connectivity index (χ2n) is 5.67. The molecule has 0 fully saturated rings. The second kappa shape index (κ2) is 11.2. The Balaban J connectivity index is 0.000000292. The number of rotatable bonds is 6. The van der Waals surface area contributed by atoms with Crippen molar-refractivity contribution in [2.75, 3.05) is 12.4 Å². The summed E-state index contributed by atoms with van der Waals surface area (Å²) in [5, 5.41) is 3.95. The molecule has 2 heterocycles. The van der Waals surface area contributed by atoms with Gasteiger partial charge < -0.3 is 10.1 Å². The Morgan fingerprint density at radius 2 is 2.00 bits per heavy atom. The third-order valence-corrected chi connectivity index (χ3v) is 3.72. The Bertz CT molecular complexity index is 953. The van der Waals surface area contributed by atoms with Crippen LogP contribution in [0.2, 0.25) is 0 Å². The van der Waals surface area contributed by atoms with Gasteiger partial charge in [-0.2, -0.15) is 0 Å². The second-order valence-corrected chi connectivity index (χ2v) is 5.67. The van der Waals surface area contributed by atoms with Crippen LogP contribution in [-0.2, 0) is 4.74 Å². The Kier molecular flexibility index (Phi) is 8.33. The van der Waals surface area contributed by atoms with Crippen molar-refractivity contribution >= 4 is 28.9 Å². The molecule has 0 saturated carbocycles. The number of allylic oxidation sites excluding steroid dienone is 2. The molecule has 0 aliphatic carbocycles. The van der Waals surface area contributed by atoms with Gasteiger partial charge in [-0.25, -0.2) is 9.97 Å². The number of hydrogen-bond donors (Lipinski definition) is 1. The quantitative estimate of drug-likeness (QED) is 0.489. The molecule has 6 nitrogen and oxygen atoms in total. The first-order valence-electron chi connectivity index (χ1n) is 9.00. The van der Waals surface area contributed by atoms with Gasteiger partial charge in [0.25, 0.3) is 0 Å². The summed E-state index contributed by atoms with van der Waals surface area (Å²) in [6.45, 7) is 4.03. The van der Waals surface area contributed by atoms with Crippen LogP contribution in [0.15, 0.2) is 67.3 Å². The first-order chi connectivity index (χ1) is 13.7. The number of ether oxygens (including phenoxy) is 1. The lowest BCUT2D eigenvalue weighted by molar-refractivity contribution is 0.112. The Morgan fingerprint density at radius 3 is 2.61 bits per heavy atom. The summed E-state index contributed by atoms with van der Waals surface area (Å²) < 4.78 is 5.64. The number of carbonyl (C=O) groups excluding carboxylic acids is 1. The van der Waals surface area contributed by atoms with Crippen molar-refractivity contribution < 1.29 is 9.53 Å². The number of nitrogens with one attached hydrogen (secondary N) is 1. The first-order valence-corrected chi connectivity index (χ1v) is 9.00. The highest BCUT2D eigenvalue weighted by atomic mass is 16.5. The molecule has 0 radical (unpaired) electrons. The number of carbonyl (C=O) groups is 1. The number of benzene rings is 1. The number of nitrogens with zero attached hydrogens (tertiary/aromatic N) is 3. The fourth-order valence-electron chi connectivity index (χ4n) is 2.26. The van der Waals surface area contributed by atoms with Gasteiger partial charge in [-0.3, -0.25) is 9.78 Å². The topological polar surface area (TPSA) is 77.0 Å². The van der Waals surface area contributed by atoms with Crippen molar-refractivity contribution in [3.05, 3.63) is 78.5 Å². The van der Waals surface area contributed by atoms with Gasteiger partial charge in [-0.15, -0.1) is 0 Å². The maximum atomic E-state index is 9.98. The van der Waals surface area contributed by atoms with E-state index in [1.807, 2.05) is 43.5 Å². The molecule has 28 heavy (non-hydrogen) atoms. The van der Waals surface area contributed by atoms with Crippen molar-refractivity contribution in [2.24, 2.45) is 0 Å². The van der Waals surface area contributed by atoms with Crippen molar-refractivity contribution in [3.8, 4) is 0 Å². The summed E-state index contributed by atoms with van der Waals surface area (Å²) >= 11 is 0. The van der Waals surface area contributed by atoms with Gasteiger partial charge in [0.15, 0.2) is 0 Å². The van der Waals surface area contributed by atoms with E-state index < -0.39 is 0 Å². The summed E-state index contributed by atoms with van der Waals surface area (Å²) in [7, 11) is 1.81. The van der Waals surface area contributed by atoms with Crippen LogP contribution in [0.5, 0.6) is 0 Å². The van der Waals surface area contributed by atoms with E-state index in [9.17, 15) is 4.79 Å². The predicted octanol–water partition coefficient (Wildman–Crippen LogP) is 4.87. The molecule has 0 unspecified atom stereocenters. The van der Waals surface area contributed by atoms with Crippen LogP contribution < -0.4 is 5.32 Å². The molecule has 3 aromatic rings. The van der Waals surface area contributed by atoms with Crippen LogP contribution in [0.1, 0.15) is 36.2 Å². The Hall–Kier alpha value is -3.54. The standard InChI is InChI=1S/C16H19N3O.C6H5NO/c1-4-6-9-20-15(5-2)12-7-8-13-11-18-16(17-3)19-14(13)10-12;8-5-6-1-3-7-4-2-6/h5-11H,4H2,1-3H3,(H,17,18,19);1-5H/b9-6+,15-5-;. The molecule has 2 aromatic heterocycles. The minimum atomic E-state index is 0.614. The van der Waals surface area contributed by atoms with E-state index in [0.29, 0.717) is 11.5 Å². The van der Waals surface area contributed by atoms with E-state index in [1.54, 1.807) is 37.8 Å². The molecular weight excluding hydrogens is 352 g/mol. The van der Waals surface area contributed by atoms with E-state index in [2.05, 4.69) is 27.2 Å². The highest BCUT2D eigenvalue weighted by molar-refractivity contribution is 5.82. The summed E-state index contributed by atoms with van der Waals surface area (Å²) in [6.07, 6.45) is 12.4. The molecule has 144 valence electrons. The average Bonchev–Trinajstić information content (AvgIpc) is 2.77. The third-order valence-electron chi connectivity index (χ3n) is 3.72. The average molecular weight is 376 g/mol. The molecule has 0 spiro atoms. The van der Waals surface area contributed by atoms with Gasteiger partial charge in [0, 0.05) is 42.2 Å². The molecule has 0 aliphatic rings. The fourth-order valence-corrected chi connectivity index (χ4v) is 2.26. The van der Waals surface area contributed by atoms with Gasteiger partial charge in [-0.1, -0.05) is 19.1 Å². The summed E-state index contributed by atoms with van der Waals surface area (Å²) in [5.74, 6) is 1.43. The SMILES string of the molecule is C/C=C(\O/C=C/CC)c1ccc2cnc(NC)nc2c1.O=Cc1ccncc1. The normalized spacial score (nSPS) is 11.0. The van der Waals surface area contributed by atoms with Gasteiger partial charge in [0.05, 0.1) is 11.8 Å². The van der Waals surface area contributed by atoms with Crippen LogP contribution in [0.3, 0.4) is 0 Å². The lowest BCUT2D eigenvalue weighted by Gasteiger charge is -2.08. The lowest BCUT2D eigenvalue weighted by Crippen LogP contribution is -1.96. The minimum Gasteiger partial charge on any atom is -0.465 e. The van der Waals surface area contributed by atoms with Crippen LogP contribution in [-0.4, -0.2) is 28.3 Å². The number of pyridine rings is 1. The first kappa shape index (κ1) is 20.8. The Morgan fingerprint density at radius 1 is 1.21 bits per heavy atom. The highest BCUT2D eigenvalue weighted by Crippen LogP contribution is 2.21.